The van der Waals surface area contributed by atoms with E-state index in [0.717, 1.165) is 10.7 Å². The molecular formula is C7H7N3S. The Morgan fingerprint density at radius 2 is 2.45 bits per heavy atom. The fraction of sp³-hybridized carbons (Fsp3) is 0. The van der Waals surface area contributed by atoms with E-state index in [1.165, 1.54) is 11.3 Å². The van der Waals surface area contributed by atoms with Crippen LogP contribution in [0.4, 0.5) is 5.82 Å². The average Bonchev–Trinajstić information content (AvgIpc) is 2.55. The first-order valence-electron chi connectivity index (χ1n) is 3.21. The molecule has 0 atom stereocenters. The second-order valence-electron chi connectivity index (χ2n) is 2.16. The molecule has 0 bridgehead atoms. The third-order valence-corrected chi connectivity index (χ3v) is 2.24. The molecular weight excluding hydrogens is 158 g/mol. The lowest BCUT2D eigenvalue weighted by Gasteiger charge is -1.86. The number of H-pyrrole nitrogens is 1. The van der Waals surface area contributed by atoms with E-state index in [1.54, 1.807) is 0 Å². The summed E-state index contributed by atoms with van der Waals surface area (Å²) in [7, 11) is 0. The second kappa shape index (κ2) is 2.39. The number of thiazole rings is 1. The Kier molecular flexibility index (Phi) is 1.40. The molecule has 0 saturated carbocycles. The molecule has 0 aliphatic carbocycles. The number of aromatic nitrogens is 2. The summed E-state index contributed by atoms with van der Waals surface area (Å²) in [4.78, 5) is 7.18. The number of hydrogen-bond donors (Lipinski definition) is 2. The third-order valence-electron chi connectivity index (χ3n) is 1.35. The van der Waals surface area contributed by atoms with Gasteiger partial charge in [0.1, 0.15) is 10.8 Å². The van der Waals surface area contributed by atoms with Gasteiger partial charge < -0.3 is 10.7 Å². The van der Waals surface area contributed by atoms with Crippen LogP contribution in [0.1, 0.15) is 0 Å². The fourth-order valence-electron chi connectivity index (χ4n) is 0.873. The fourth-order valence-corrected chi connectivity index (χ4v) is 1.57. The van der Waals surface area contributed by atoms with Gasteiger partial charge in [0.25, 0.3) is 0 Å². The van der Waals surface area contributed by atoms with E-state index < -0.39 is 0 Å². The summed E-state index contributed by atoms with van der Waals surface area (Å²) in [5.41, 5.74) is 6.49. The zero-order valence-corrected chi connectivity index (χ0v) is 6.56. The molecule has 4 heteroatoms. The predicted octanol–water partition coefficient (Wildman–Crippen LogP) is 1.72. The zero-order valence-electron chi connectivity index (χ0n) is 5.74. The van der Waals surface area contributed by atoms with Gasteiger partial charge in [-0.15, -0.1) is 11.3 Å². The second-order valence-corrected chi connectivity index (χ2v) is 3.02. The van der Waals surface area contributed by atoms with Crippen molar-refractivity contribution >= 4 is 17.2 Å². The summed E-state index contributed by atoms with van der Waals surface area (Å²) < 4.78 is 0. The molecule has 3 N–H and O–H groups in total. The molecule has 0 aromatic carbocycles. The van der Waals surface area contributed by atoms with Crippen LogP contribution in [-0.4, -0.2) is 9.97 Å². The van der Waals surface area contributed by atoms with Gasteiger partial charge in [-0.05, 0) is 12.1 Å². The molecule has 56 valence electrons. The molecule has 0 fully saturated rings. The maximum Gasteiger partial charge on any atom is 0.142 e. The molecule has 0 amide bonds. The Hall–Kier alpha value is -1.29. The highest BCUT2D eigenvalue weighted by molar-refractivity contribution is 7.13. The van der Waals surface area contributed by atoms with Gasteiger partial charge >= 0.3 is 0 Å². The smallest absolute Gasteiger partial charge is 0.142 e. The SMILES string of the molecule is Nc1csc(-c2ccc[nH]2)n1. The topological polar surface area (TPSA) is 54.7 Å². The summed E-state index contributed by atoms with van der Waals surface area (Å²) >= 11 is 1.54. The molecule has 0 aliphatic heterocycles. The lowest BCUT2D eigenvalue weighted by atomic mass is 10.4. The minimum atomic E-state index is 0.583. The van der Waals surface area contributed by atoms with E-state index in [9.17, 15) is 0 Å². The van der Waals surface area contributed by atoms with Crippen molar-refractivity contribution < 1.29 is 0 Å². The standard InChI is InChI=1S/C7H7N3S/c8-6-4-11-7(10-6)5-2-1-3-9-5/h1-4,9H,8H2. The van der Waals surface area contributed by atoms with Crippen molar-refractivity contribution in [3.05, 3.63) is 23.7 Å². The summed E-state index contributed by atoms with van der Waals surface area (Å²) in [5.74, 6) is 0.583. The number of nitrogens with zero attached hydrogens (tertiary/aromatic N) is 1. The van der Waals surface area contributed by atoms with Gasteiger partial charge in [0.2, 0.25) is 0 Å². The van der Waals surface area contributed by atoms with Crippen molar-refractivity contribution in [2.24, 2.45) is 0 Å². The monoisotopic (exact) mass is 165 g/mol. The number of rotatable bonds is 1. The average molecular weight is 165 g/mol. The Morgan fingerprint density at radius 3 is 3.00 bits per heavy atom. The normalized spacial score (nSPS) is 10.2. The van der Waals surface area contributed by atoms with Crippen molar-refractivity contribution in [2.45, 2.75) is 0 Å². The number of nitrogen functional groups attached to an aromatic ring is 1. The third kappa shape index (κ3) is 1.12. The van der Waals surface area contributed by atoms with Gasteiger partial charge in [0, 0.05) is 11.6 Å². The number of nitrogens with one attached hydrogen (secondary N) is 1. The van der Waals surface area contributed by atoms with Gasteiger partial charge in [0.15, 0.2) is 0 Å². The van der Waals surface area contributed by atoms with Gasteiger partial charge in [-0.1, -0.05) is 0 Å². The summed E-state index contributed by atoms with van der Waals surface area (Å²) in [6, 6.07) is 3.91. The highest BCUT2D eigenvalue weighted by Crippen LogP contribution is 2.22. The van der Waals surface area contributed by atoms with Crippen molar-refractivity contribution in [3.8, 4) is 10.7 Å². The van der Waals surface area contributed by atoms with Crippen LogP contribution >= 0.6 is 11.3 Å². The van der Waals surface area contributed by atoms with Crippen molar-refractivity contribution in [1.82, 2.24) is 9.97 Å². The maximum absolute atomic E-state index is 5.47. The molecule has 0 aliphatic rings. The number of hydrogen-bond acceptors (Lipinski definition) is 3. The number of aromatic amines is 1. The predicted molar refractivity (Wildman–Crippen MR) is 46.3 cm³/mol. The lowest BCUT2D eigenvalue weighted by Crippen LogP contribution is -1.82. The van der Waals surface area contributed by atoms with Crippen LogP contribution in [0.3, 0.4) is 0 Å². The van der Waals surface area contributed by atoms with Crippen LogP contribution in [-0.2, 0) is 0 Å². The molecule has 0 spiro atoms. The minimum absolute atomic E-state index is 0.583. The molecule has 2 aromatic heterocycles. The first kappa shape index (κ1) is 6.42. The summed E-state index contributed by atoms with van der Waals surface area (Å²) in [6.07, 6.45) is 1.87. The molecule has 0 unspecified atom stereocenters. The summed E-state index contributed by atoms with van der Waals surface area (Å²) in [5, 5.41) is 2.77. The molecule has 3 nitrogen and oxygen atoms in total. The van der Waals surface area contributed by atoms with E-state index in [2.05, 4.69) is 9.97 Å². The number of anilines is 1. The Bertz CT molecular complexity index is 336. The minimum Gasteiger partial charge on any atom is -0.383 e. The van der Waals surface area contributed by atoms with Crippen LogP contribution in [0.15, 0.2) is 23.7 Å². The van der Waals surface area contributed by atoms with Crippen LogP contribution < -0.4 is 5.73 Å². The number of nitrogens with two attached hydrogens (primary N) is 1. The Morgan fingerprint density at radius 1 is 1.55 bits per heavy atom. The molecule has 2 rings (SSSR count). The van der Waals surface area contributed by atoms with Gasteiger partial charge in [0.05, 0.1) is 5.69 Å². The van der Waals surface area contributed by atoms with Crippen LogP contribution in [0.5, 0.6) is 0 Å². The first-order chi connectivity index (χ1) is 5.36. The van der Waals surface area contributed by atoms with Crippen LogP contribution in [0, 0.1) is 0 Å². The van der Waals surface area contributed by atoms with Crippen LogP contribution in [0.25, 0.3) is 10.7 Å². The Balaban J connectivity index is 2.45. The maximum atomic E-state index is 5.47. The van der Waals surface area contributed by atoms with Gasteiger partial charge in [-0.25, -0.2) is 4.98 Å². The molecule has 2 aromatic rings. The highest BCUT2D eigenvalue weighted by Gasteiger charge is 2.01. The van der Waals surface area contributed by atoms with E-state index in [1.807, 2.05) is 23.7 Å². The zero-order chi connectivity index (χ0) is 7.68. The largest absolute Gasteiger partial charge is 0.383 e. The van der Waals surface area contributed by atoms with E-state index in [-0.39, 0.29) is 0 Å². The molecule has 0 saturated heterocycles. The molecule has 0 radical (unpaired) electrons. The van der Waals surface area contributed by atoms with Crippen molar-refractivity contribution in [3.63, 3.8) is 0 Å². The van der Waals surface area contributed by atoms with Gasteiger partial charge in [-0.3, -0.25) is 0 Å². The Labute approximate surface area is 67.9 Å². The van der Waals surface area contributed by atoms with E-state index >= 15 is 0 Å². The quantitative estimate of drug-likeness (QED) is 0.676. The molecule has 2 heterocycles. The van der Waals surface area contributed by atoms with Crippen molar-refractivity contribution in [1.29, 1.82) is 0 Å². The first-order valence-corrected chi connectivity index (χ1v) is 4.09. The van der Waals surface area contributed by atoms with E-state index in [0.29, 0.717) is 5.82 Å². The van der Waals surface area contributed by atoms with Gasteiger partial charge in [-0.2, -0.15) is 0 Å². The molecule has 11 heavy (non-hydrogen) atoms. The lowest BCUT2D eigenvalue weighted by molar-refractivity contribution is 1.35. The van der Waals surface area contributed by atoms with Crippen molar-refractivity contribution in [2.75, 3.05) is 5.73 Å². The van der Waals surface area contributed by atoms with E-state index in [4.69, 9.17) is 5.73 Å². The highest BCUT2D eigenvalue weighted by atomic mass is 32.1. The summed E-state index contributed by atoms with van der Waals surface area (Å²) in [6.45, 7) is 0. The van der Waals surface area contributed by atoms with Crippen LogP contribution in [0.2, 0.25) is 0 Å².